The van der Waals surface area contributed by atoms with Gasteiger partial charge in [0.2, 0.25) is 0 Å². The van der Waals surface area contributed by atoms with Crippen LogP contribution < -0.4 is 5.73 Å². The monoisotopic (exact) mass is 334 g/mol. The van der Waals surface area contributed by atoms with Crippen molar-refractivity contribution in [3.05, 3.63) is 28.2 Å². The van der Waals surface area contributed by atoms with Crippen molar-refractivity contribution in [2.75, 3.05) is 12.3 Å². The second kappa shape index (κ2) is 7.79. The third-order valence-electron chi connectivity index (χ3n) is 3.53. The SMILES string of the molecule is CCOC(=O)c1sc(N)c(C#N)c1COC(=O)C[C@@H]1C=CCC1. The molecule has 1 aromatic heterocycles. The highest BCUT2D eigenvalue weighted by Crippen LogP contribution is 2.32. The van der Waals surface area contributed by atoms with Crippen LogP contribution in [0.2, 0.25) is 0 Å². The van der Waals surface area contributed by atoms with Crippen LogP contribution in [0.15, 0.2) is 12.2 Å². The number of hydrogen-bond acceptors (Lipinski definition) is 7. The molecule has 0 saturated carbocycles. The normalized spacial score (nSPS) is 16.1. The van der Waals surface area contributed by atoms with Crippen molar-refractivity contribution in [3.63, 3.8) is 0 Å². The van der Waals surface area contributed by atoms with Gasteiger partial charge >= 0.3 is 11.9 Å². The minimum atomic E-state index is -0.560. The number of hydrogen-bond donors (Lipinski definition) is 1. The fourth-order valence-electron chi connectivity index (χ4n) is 2.40. The lowest BCUT2D eigenvalue weighted by Crippen LogP contribution is -2.12. The Morgan fingerprint density at radius 1 is 1.48 bits per heavy atom. The van der Waals surface area contributed by atoms with Gasteiger partial charge in [0.25, 0.3) is 0 Å². The number of nitriles is 1. The van der Waals surface area contributed by atoms with E-state index in [1.165, 1.54) is 0 Å². The van der Waals surface area contributed by atoms with Crippen LogP contribution in [0.3, 0.4) is 0 Å². The Kier molecular flexibility index (Phi) is 5.77. The highest BCUT2D eigenvalue weighted by Gasteiger charge is 2.24. The van der Waals surface area contributed by atoms with Gasteiger partial charge in [-0.25, -0.2) is 4.79 Å². The molecule has 0 aromatic carbocycles. The van der Waals surface area contributed by atoms with E-state index in [1.807, 2.05) is 18.2 Å². The first-order valence-corrected chi connectivity index (χ1v) is 8.19. The first kappa shape index (κ1) is 17.0. The summed E-state index contributed by atoms with van der Waals surface area (Å²) in [6.45, 7) is 1.75. The summed E-state index contributed by atoms with van der Waals surface area (Å²) >= 11 is 0.976. The van der Waals surface area contributed by atoms with E-state index in [1.54, 1.807) is 6.92 Å². The summed E-state index contributed by atoms with van der Waals surface area (Å²) in [4.78, 5) is 24.1. The molecule has 0 bridgehead atoms. The summed E-state index contributed by atoms with van der Waals surface area (Å²) in [7, 11) is 0. The van der Waals surface area contributed by atoms with Crippen LogP contribution in [-0.4, -0.2) is 18.5 Å². The molecule has 0 fully saturated rings. The molecule has 6 nitrogen and oxygen atoms in total. The van der Waals surface area contributed by atoms with Crippen LogP contribution in [0, 0.1) is 17.2 Å². The van der Waals surface area contributed by atoms with Gasteiger partial charge in [0.1, 0.15) is 22.6 Å². The van der Waals surface area contributed by atoms with E-state index in [9.17, 15) is 14.9 Å². The number of carbonyl (C=O) groups is 2. The van der Waals surface area contributed by atoms with Crippen LogP contribution in [0.25, 0.3) is 0 Å². The standard InChI is InChI=1S/C16H18N2O4S/c1-2-21-16(20)14-12(11(8-17)15(18)23-14)9-22-13(19)7-10-5-3-4-6-10/h3,5,10H,2,4,6-7,9,18H2,1H3/t10-/m1/s1. The lowest BCUT2D eigenvalue weighted by molar-refractivity contribution is -0.145. The Hall–Kier alpha value is -2.33. The first-order chi connectivity index (χ1) is 11.1. The number of nitrogens with two attached hydrogens (primary N) is 1. The Bertz CT molecular complexity index is 672. The van der Waals surface area contributed by atoms with Crippen molar-refractivity contribution < 1.29 is 19.1 Å². The molecule has 122 valence electrons. The molecule has 7 heteroatoms. The van der Waals surface area contributed by atoms with Crippen molar-refractivity contribution in [1.29, 1.82) is 5.26 Å². The molecule has 2 rings (SSSR count). The molecular formula is C16H18N2O4S. The third-order valence-corrected chi connectivity index (χ3v) is 4.57. The molecule has 0 saturated heterocycles. The average molecular weight is 334 g/mol. The summed E-state index contributed by atoms with van der Waals surface area (Å²) in [6, 6.07) is 1.95. The number of rotatable bonds is 6. The Morgan fingerprint density at radius 2 is 2.26 bits per heavy atom. The summed E-state index contributed by atoms with van der Waals surface area (Å²) in [5, 5.41) is 9.42. The minimum Gasteiger partial charge on any atom is -0.462 e. The lowest BCUT2D eigenvalue weighted by Gasteiger charge is -2.09. The highest BCUT2D eigenvalue weighted by molar-refractivity contribution is 7.18. The summed E-state index contributed by atoms with van der Waals surface area (Å²) in [5.41, 5.74) is 6.26. The topological polar surface area (TPSA) is 102 Å². The van der Waals surface area contributed by atoms with E-state index in [0.29, 0.717) is 12.0 Å². The Balaban J connectivity index is 2.08. The quantitative estimate of drug-likeness (QED) is 0.634. The maximum absolute atomic E-state index is 11.9. The molecule has 2 N–H and O–H groups in total. The van der Waals surface area contributed by atoms with Crippen molar-refractivity contribution in [2.24, 2.45) is 5.92 Å². The number of thiophene rings is 1. The van der Waals surface area contributed by atoms with Gasteiger partial charge in [-0.05, 0) is 25.7 Å². The number of nitrogens with zero attached hydrogens (tertiary/aromatic N) is 1. The van der Waals surface area contributed by atoms with E-state index in [4.69, 9.17) is 15.2 Å². The number of ether oxygens (including phenoxy) is 2. The molecule has 0 aliphatic heterocycles. The van der Waals surface area contributed by atoms with Gasteiger partial charge in [0.05, 0.1) is 18.6 Å². The van der Waals surface area contributed by atoms with E-state index in [0.717, 1.165) is 24.2 Å². The first-order valence-electron chi connectivity index (χ1n) is 7.37. The van der Waals surface area contributed by atoms with E-state index < -0.39 is 5.97 Å². The van der Waals surface area contributed by atoms with Crippen LogP contribution in [-0.2, 0) is 20.9 Å². The highest BCUT2D eigenvalue weighted by atomic mass is 32.1. The second-order valence-electron chi connectivity index (χ2n) is 5.11. The van der Waals surface area contributed by atoms with Gasteiger partial charge in [0, 0.05) is 5.56 Å². The molecule has 1 heterocycles. The van der Waals surface area contributed by atoms with Crippen molar-refractivity contribution in [1.82, 2.24) is 0 Å². The molecule has 0 amide bonds. The molecule has 0 spiro atoms. The Labute approximate surface area is 138 Å². The van der Waals surface area contributed by atoms with Gasteiger partial charge in [-0.3, -0.25) is 4.79 Å². The fourth-order valence-corrected chi connectivity index (χ4v) is 3.31. The molecule has 0 radical (unpaired) electrons. The number of anilines is 1. The van der Waals surface area contributed by atoms with E-state index in [2.05, 4.69) is 0 Å². The zero-order chi connectivity index (χ0) is 16.8. The molecular weight excluding hydrogens is 316 g/mol. The van der Waals surface area contributed by atoms with E-state index >= 15 is 0 Å². The van der Waals surface area contributed by atoms with Gasteiger partial charge < -0.3 is 15.2 Å². The van der Waals surface area contributed by atoms with Crippen LogP contribution in [0.1, 0.15) is 47.0 Å². The zero-order valence-corrected chi connectivity index (χ0v) is 13.6. The fraction of sp³-hybridized carbons (Fsp3) is 0.438. The number of esters is 2. The van der Waals surface area contributed by atoms with Crippen molar-refractivity contribution >= 4 is 28.3 Å². The number of nitrogen functional groups attached to an aromatic ring is 1. The third kappa shape index (κ3) is 4.11. The lowest BCUT2D eigenvalue weighted by atomic mass is 10.1. The minimum absolute atomic E-state index is 0.153. The predicted molar refractivity (Wildman–Crippen MR) is 85.7 cm³/mol. The molecule has 1 aromatic rings. The smallest absolute Gasteiger partial charge is 0.348 e. The molecule has 1 atom stereocenters. The van der Waals surface area contributed by atoms with Gasteiger partial charge in [-0.2, -0.15) is 5.26 Å². The maximum atomic E-state index is 11.9. The number of allylic oxidation sites excluding steroid dienone is 2. The van der Waals surface area contributed by atoms with Crippen molar-refractivity contribution in [2.45, 2.75) is 32.8 Å². The van der Waals surface area contributed by atoms with Gasteiger partial charge in [-0.15, -0.1) is 11.3 Å². The molecule has 0 unspecified atom stereocenters. The summed E-state index contributed by atoms with van der Waals surface area (Å²) < 4.78 is 10.2. The zero-order valence-electron chi connectivity index (χ0n) is 12.8. The Morgan fingerprint density at radius 3 is 2.87 bits per heavy atom. The van der Waals surface area contributed by atoms with Gasteiger partial charge in [-0.1, -0.05) is 12.2 Å². The molecule has 23 heavy (non-hydrogen) atoms. The summed E-state index contributed by atoms with van der Waals surface area (Å²) in [5.74, 6) is -0.712. The van der Waals surface area contributed by atoms with E-state index in [-0.39, 0.29) is 40.5 Å². The summed E-state index contributed by atoms with van der Waals surface area (Å²) in [6.07, 6.45) is 6.27. The maximum Gasteiger partial charge on any atom is 0.348 e. The largest absolute Gasteiger partial charge is 0.462 e. The van der Waals surface area contributed by atoms with Crippen LogP contribution >= 0.6 is 11.3 Å². The van der Waals surface area contributed by atoms with Crippen LogP contribution in [0.5, 0.6) is 0 Å². The predicted octanol–water partition coefficient (Wildman–Crippen LogP) is 2.78. The average Bonchev–Trinajstić information content (AvgIpc) is 3.12. The number of carbonyl (C=O) groups excluding carboxylic acids is 2. The van der Waals surface area contributed by atoms with Gasteiger partial charge in [0.15, 0.2) is 0 Å². The van der Waals surface area contributed by atoms with Crippen LogP contribution in [0.4, 0.5) is 5.00 Å². The van der Waals surface area contributed by atoms with Crippen molar-refractivity contribution in [3.8, 4) is 6.07 Å². The molecule has 1 aliphatic rings. The molecule has 1 aliphatic carbocycles. The second-order valence-corrected chi connectivity index (χ2v) is 6.16.